The molecule has 1 aliphatic rings. The van der Waals surface area contributed by atoms with Gasteiger partial charge in [0.15, 0.2) is 0 Å². The molecule has 1 N–H and O–H groups in total. The van der Waals surface area contributed by atoms with E-state index < -0.39 is 0 Å². The number of nitrogens with zero attached hydrogens (tertiary/aromatic N) is 1. The summed E-state index contributed by atoms with van der Waals surface area (Å²) in [5, 5.41) is 12.5. The van der Waals surface area contributed by atoms with Crippen LogP contribution in [-0.2, 0) is 12.8 Å². The third-order valence-electron chi connectivity index (χ3n) is 4.31. The maximum absolute atomic E-state index is 8.87. The standard InChI is InChI=1S/C19H20N2/c1-14(16-11-9-15(13-20)10-12-16)21-19-8-4-6-17-5-2-3-7-18(17)19/h4,6,8-12,14,21H,2-3,5,7H2,1H3. The number of benzene rings is 2. The molecule has 3 rings (SSSR count). The fraction of sp³-hybridized carbons (Fsp3) is 0.316. The Bertz CT molecular complexity index is 665. The monoisotopic (exact) mass is 276 g/mol. The summed E-state index contributed by atoms with van der Waals surface area (Å²) in [7, 11) is 0. The first kappa shape index (κ1) is 13.7. The molecular weight excluding hydrogens is 256 g/mol. The Morgan fingerprint density at radius 3 is 2.57 bits per heavy atom. The average Bonchev–Trinajstić information content (AvgIpc) is 2.55. The number of anilines is 1. The predicted octanol–water partition coefficient (Wildman–Crippen LogP) is 4.61. The number of nitriles is 1. The quantitative estimate of drug-likeness (QED) is 0.888. The summed E-state index contributed by atoms with van der Waals surface area (Å²) in [6.07, 6.45) is 4.98. The Morgan fingerprint density at radius 1 is 1.05 bits per heavy atom. The van der Waals surface area contributed by atoms with Crippen LogP contribution in [0.1, 0.15) is 48.1 Å². The van der Waals surface area contributed by atoms with Gasteiger partial charge in [-0.25, -0.2) is 0 Å². The molecule has 0 saturated heterocycles. The minimum Gasteiger partial charge on any atom is -0.378 e. The lowest BCUT2D eigenvalue weighted by Crippen LogP contribution is -2.11. The molecule has 0 aliphatic heterocycles. The smallest absolute Gasteiger partial charge is 0.0991 e. The first-order valence-corrected chi connectivity index (χ1v) is 7.65. The minimum absolute atomic E-state index is 0.242. The zero-order valence-electron chi connectivity index (χ0n) is 12.4. The third-order valence-corrected chi connectivity index (χ3v) is 4.31. The molecule has 21 heavy (non-hydrogen) atoms. The molecule has 0 fully saturated rings. The van der Waals surface area contributed by atoms with E-state index in [4.69, 9.17) is 5.26 Å². The SMILES string of the molecule is CC(Nc1cccc2c1CCCC2)c1ccc(C#N)cc1. The van der Waals surface area contributed by atoms with Crippen LogP contribution in [-0.4, -0.2) is 0 Å². The first-order chi connectivity index (χ1) is 10.3. The van der Waals surface area contributed by atoms with Crippen LogP contribution in [0, 0.1) is 11.3 Å². The lowest BCUT2D eigenvalue weighted by atomic mass is 9.90. The molecule has 106 valence electrons. The topological polar surface area (TPSA) is 35.8 Å². The summed E-state index contributed by atoms with van der Waals surface area (Å²) in [5.41, 5.74) is 6.18. The van der Waals surface area contributed by atoms with E-state index in [2.05, 4.69) is 36.5 Å². The largest absolute Gasteiger partial charge is 0.378 e. The van der Waals surface area contributed by atoms with Crippen molar-refractivity contribution in [3.63, 3.8) is 0 Å². The van der Waals surface area contributed by atoms with Crippen LogP contribution >= 0.6 is 0 Å². The van der Waals surface area contributed by atoms with Gasteiger partial charge in [-0.3, -0.25) is 0 Å². The Hall–Kier alpha value is -2.27. The molecule has 0 heterocycles. The molecule has 0 spiro atoms. The third kappa shape index (κ3) is 2.92. The Kier molecular flexibility index (Phi) is 3.92. The van der Waals surface area contributed by atoms with Crippen molar-refractivity contribution in [2.24, 2.45) is 0 Å². The van der Waals surface area contributed by atoms with Gasteiger partial charge in [-0.15, -0.1) is 0 Å². The number of nitrogens with one attached hydrogen (secondary N) is 1. The van der Waals surface area contributed by atoms with E-state index in [1.165, 1.54) is 48.1 Å². The van der Waals surface area contributed by atoms with E-state index in [0.29, 0.717) is 5.56 Å². The van der Waals surface area contributed by atoms with Gasteiger partial charge in [0.25, 0.3) is 0 Å². The molecule has 0 radical (unpaired) electrons. The Morgan fingerprint density at radius 2 is 1.81 bits per heavy atom. The van der Waals surface area contributed by atoms with Crippen molar-refractivity contribution in [1.29, 1.82) is 5.26 Å². The zero-order chi connectivity index (χ0) is 14.7. The van der Waals surface area contributed by atoms with Gasteiger partial charge in [-0.05, 0) is 67.5 Å². The molecule has 0 amide bonds. The van der Waals surface area contributed by atoms with Crippen molar-refractivity contribution in [3.05, 3.63) is 64.7 Å². The van der Waals surface area contributed by atoms with Crippen LogP contribution in [0.3, 0.4) is 0 Å². The molecule has 1 aliphatic carbocycles. The van der Waals surface area contributed by atoms with Crippen molar-refractivity contribution in [3.8, 4) is 6.07 Å². The van der Waals surface area contributed by atoms with Gasteiger partial charge in [-0.1, -0.05) is 24.3 Å². The van der Waals surface area contributed by atoms with E-state index in [1.807, 2.05) is 24.3 Å². The van der Waals surface area contributed by atoms with E-state index in [0.717, 1.165) is 0 Å². The van der Waals surface area contributed by atoms with Gasteiger partial charge in [-0.2, -0.15) is 5.26 Å². The van der Waals surface area contributed by atoms with Gasteiger partial charge in [0, 0.05) is 11.7 Å². The molecule has 2 heteroatoms. The van der Waals surface area contributed by atoms with Crippen LogP contribution in [0.5, 0.6) is 0 Å². The number of hydrogen-bond acceptors (Lipinski definition) is 2. The Labute approximate surface area is 126 Å². The second-order valence-corrected chi connectivity index (χ2v) is 5.75. The highest BCUT2D eigenvalue weighted by molar-refractivity contribution is 5.56. The first-order valence-electron chi connectivity index (χ1n) is 7.65. The molecule has 1 atom stereocenters. The van der Waals surface area contributed by atoms with Crippen LogP contribution in [0.4, 0.5) is 5.69 Å². The van der Waals surface area contributed by atoms with Gasteiger partial charge in [0.2, 0.25) is 0 Å². The number of fused-ring (bicyclic) bond motifs is 1. The van der Waals surface area contributed by atoms with Crippen molar-refractivity contribution in [2.45, 2.75) is 38.6 Å². The molecular formula is C19H20N2. The second kappa shape index (κ2) is 6.01. The predicted molar refractivity (Wildman–Crippen MR) is 86.3 cm³/mol. The van der Waals surface area contributed by atoms with Gasteiger partial charge >= 0.3 is 0 Å². The van der Waals surface area contributed by atoms with Crippen molar-refractivity contribution < 1.29 is 0 Å². The summed E-state index contributed by atoms with van der Waals surface area (Å²) < 4.78 is 0. The highest BCUT2D eigenvalue weighted by atomic mass is 14.9. The van der Waals surface area contributed by atoms with Crippen molar-refractivity contribution in [2.75, 3.05) is 5.32 Å². The molecule has 0 bridgehead atoms. The molecule has 0 saturated carbocycles. The average molecular weight is 276 g/mol. The van der Waals surface area contributed by atoms with E-state index in [9.17, 15) is 0 Å². The van der Waals surface area contributed by atoms with Gasteiger partial charge in [0.05, 0.1) is 11.6 Å². The molecule has 0 aromatic heterocycles. The summed E-state index contributed by atoms with van der Waals surface area (Å²) in [6.45, 7) is 2.17. The number of hydrogen-bond donors (Lipinski definition) is 1. The van der Waals surface area contributed by atoms with Crippen LogP contribution in [0.15, 0.2) is 42.5 Å². The van der Waals surface area contributed by atoms with E-state index in [-0.39, 0.29) is 6.04 Å². The zero-order valence-corrected chi connectivity index (χ0v) is 12.4. The van der Waals surface area contributed by atoms with Crippen molar-refractivity contribution in [1.82, 2.24) is 0 Å². The van der Waals surface area contributed by atoms with Crippen LogP contribution in [0.25, 0.3) is 0 Å². The lowest BCUT2D eigenvalue weighted by molar-refractivity contribution is 0.685. The van der Waals surface area contributed by atoms with Gasteiger partial charge in [0.1, 0.15) is 0 Å². The molecule has 2 nitrogen and oxygen atoms in total. The van der Waals surface area contributed by atoms with E-state index in [1.54, 1.807) is 0 Å². The highest BCUT2D eigenvalue weighted by Gasteiger charge is 2.14. The van der Waals surface area contributed by atoms with Crippen LogP contribution in [0.2, 0.25) is 0 Å². The molecule has 2 aromatic rings. The lowest BCUT2D eigenvalue weighted by Gasteiger charge is -2.23. The molecule has 1 unspecified atom stereocenters. The fourth-order valence-corrected chi connectivity index (χ4v) is 3.08. The normalized spacial score (nSPS) is 14.9. The molecule has 2 aromatic carbocycles. The summed E-state index contributed by atoms with van der Waals surface area (Å²) >= 11 is 0. The summed E-state index contributed by atoms with van der Waals surface area (Å²) in [5.74, 6) is 0. The van der Waals surface area contributed by atoms with Crippen molar-refractivity contribution >= 4 is 5.69 Å². The minimum atomic E-state index is 0.242. The highest BCUT2D eigenvalue weighted by Crippen LogP contribution is 2.30. The maximum atomic E-state index is 8.87. The second-order valence-electron chi connectivity index (χ2n) is 5.75. The number of aryl methyl sites for hydroxylation is 1. The van der Waals surface area contributed by atoms with E-state index >= 15 is 0 Å². The summed E-state index contributed by atoms with van der Waals surface area (Å²) in [4.78, 5) is 0. The fourth-order valence-electron chi connectivity index (χ4n) is 3.08. The Balaban J connectivity index is 1.81. The maximum Gasteiger partial charge on any atom is 0.0991 e. The number of rotatable bonds is 3. The van der Waals surface area contributed by atoms with Crippen LogP contribution < -0.4 is 5.32 Å². The van der Waals surface area contributed by atoms with Gasteiger partial charge < -0.3 is 5.32 Å². The summed E-state index contributed by atoms with van der Waals surface area (Å²) in [6, 6.07) is 16.8.